The molecule has 0 aromatic heterocycles. The Morgan fingerprint density at radius 3 is 2.44 bits per heavy atom. The van der Waals surface area contributed by atoms with Crippen LogP contribution in [0.5, 0.6) is 5.75 Å². The molecule has 0 saturated heterocycles. The number of phenols is 1. The van der Waals surface area contributed by atoms with Gasteiger partial charge in [-0.15, -0.1) is 12.6 Å². The minimum absolute atomic E-state index is 0.225. The average molecular weight is 229 g/mol. The van der Waals surface area contributed by atoms with Gasteiger partial charge in [0.05, 0.1) is 5.69 Å². The third-order valence-electron chi connectivity index (χ3n) is 2.16. The molecule has 0 heterocycles. The second kappa shape index (κ2) is 4.86. The summed E-state index contributed by atoms with van der Waals surface area (Å²) in [5.74, 6) is 0.225. The first-order valence-corrected chi connectivity index (χ1v) is 5.32. The van der Waals surface area contributed by atoms with Crippen LogP contribution in [-0.4, -0.2) is 11.3 Å². The molecule has 0 bridgehead atoms. The van der Waals surface area contributed by atoms with Crippen molar-refractivity contribution in [3.05, 3.63) is 54.1 Å². The van der Waals surface area contributed by atoms with E-state index in [1.54, 1.807) is 24.4 Å². The summed E-state index contributed by atoms with van der Waals surface area (Å²) in [6, 6.07) is 14.6. The van der Waals surface area contributed by atoms with E-state index in [-0.39, 0.29) is 5.75 Å². The van der Waals surface area contributed by atoms with Gasteiger partial charge < -0.3 is 5.11 Å². The molecule has 0 saturated carbocycles. The molecule has 0 aliphatic heterocycles. The number of thiol groups is 1. The lowest BCUT2D eigenvalue weighted by Crippen LogP contribution is -1.81. The standard InChI is InChI=1S/C13H11NOS/c15-12-7-3-1-5-10(12)9-14-11-6-2-4-8-13(11)16/h1-9,15-16H/b14-9+. The Morgan fingerprint density at radius 1 is 1.00 bits per heavy atom. The Kier molecular flexibility index (Phi) is 3.27. The Labute approximate surface area is 99.7 Å². The van der Waals surface area contributed by atoms with Crippen molar-refractivity contribution >= 4 is 24.5 Å². The molecule has 2 aromatic rings. The molecule has 0 aliphatic rings. The van der Waals surface area contributed by atoms with Crippen molar-refractivity contribution in [2.75, 3.05) is 0 Å². The molecule has 0 aliphatic carbocycles. The van der Waals surface area contributed by atoms with Crippen molar-refractivity contribution in [2.45, 2.75) is 4.90 Å². The molecule has 1 N–H and O–H groups in total. The first-order chi connectivity index (χ1) is 7.77. The molecule has 0 radical (unpaired) electrons. The number of hydrogen-bond donors (Lipinski definition) is 2. The quantitative estimate of drug-likeness (QED) is 0.600. The highest BCUT2D eigenvalue weighted by Gasteiger charge is 1.96. The third kappa shape index (κ3) is 2.44. The highest BCUT2D eigenvalue weighted by Crippen LogP contribution is 2.22. The highest BCUT2D eigenvalue weighted by atomic mass is 32.1. The van der Waals surface area contributed by atoms with Gasteiger partial charge in [-0.3, -0.25) is 4.99 Å². The molecule has 0 atom stereocenters. The zero-order valence-corrected chi connectivity index (χ0v) is 9.43. The van der Waals surface area contributed by atoms with Crippen LogP contribution in [0.2, 0.25) is 0 Å². The van der Waals surface area contributed by atoms with E-state index in [0.717, 1.165) is 10.6 Å². The number of phenolic OH excluding ortho intramolecular Hbond substituents is 1. The van der Waals surface area contributed by atoms with E-state index in [4.69, 9.17) is 0 Å². The van der Waals surface area contributed by atoms with Crippen LogP contribution in [0.15, 0.2) is 58.4 Å². The van der Waals surface area contributed by atoms with Crippen molar-refractivity contribution in [1.29, 1.82) is 0 Å². The van der Waals surface area contributed by atoms with E-state index in [0.29, 0.717) is 5.56 Å². The summed E-state index contributed by atoms with van der Waals surface area (Å²) >= 11 is 4.29. The summed E-state index contributed by atoms with van der Waals surface area (Å²) in [5, 5.41) is 9.55. The maximum absolute atomic E-state index is 9.55. The largest absolute Gasteiger partial charge is 0.507 e. The van der Waals surface area contributed by atoms with E-state index in [9.17, 15) is 5.11 Å². The van der Waals surface area contributed by atoms with E-state index in [1.807, 2.05) is 30.3 Å². The third-order valence-corrected chi connectivity index (χ3v) is 2.54. The van der Waals surface area contributed by atoms with Crippen LogP contribution >= 0.6 is 12.6 Å². The normalized spacial score (nSPS) is 10.8. The number of nitrogens with zero attached hydrogens (tertiary/aromatic N) is 1. The van der Waals surface area contributed by atoms with Gasteiger partial charge in [0.25, 0.3) is 0 Å². The molecule has 80 valence electrons. The molecule has 0 unspecified atom stereocenters. The van der Waals surface area contributed by atoms with Crippen LogP contribution in [-0.2, 0) is 0 Å². The van der Waals surface area contributed by atoms with Gasteiger partial charge >= 0.3 is 0 Å². The van der Waals surface area contributed by atoms with Crippen molar-refractivity contribution in [3.8, 4) is 5.75 Å². The Balaban J connectivity index is 2.29. The SMILES string of the molecule is Oc1ccccc1/C=N/c1ccccc1S. The molecule has 0 fully saturated rings. The average Bonchev–Trinajstić information content (AvgIpc) is 2.30. The molecule has 0 spiro atoms. The zero-order valence-electron chi connectivity index (χ0n) is 8.54. The summed E-state index contributed by atoms with van der Waals surface area (Å²) in [4.78, 5) is 5.09. The number of aliphatic imine (C=N–C) groups is 1. The number of rotatable bonds is 2. The Bertz CT molecular complexity index is 475. The van der Waals surface area contributed by atoms with Crippen LogP contribution in [0.3, 0.4) is 0 Å². The maximum Gasteiger partial charge on any atom is 0.124 e. The first kappa shape index (κ1) is 10.8. The van der Waals surface area contributed by atoms with Crippen LogP contribution < -0.4 is 0 Å². The summed E-state index contributed by atoms with van der Waals surface area (Å²) < 4.78 is 0. The fourth-order valence-electron chi connectivity index (χ4n) is 1.31. The molecule has 16 heavy (non-hydrogen) atoms. The van der Waals surface area contributed by atoms with Gasteiger partial charge in [0.15, 0.2) is 0 Å². The lowest BCUT2D eigenvalue weighted by Gasteiger charge is -1.99. The van der Waals surface area contributed by atoms with Crippen LogP contribution in [0.25, 0.3) is 0 Å². The maximum atomic E-state index is 9.55. The number of hydrogen-bond acceptors (Lipinski definition) is 3. The fourth-order valence-corrected chi connectivity index (χ4v) is 1.53. The topological polar surface area (TPSA) is 32.6 Å². The molecule has 3 heteroatoms. The van der Waals surface area contributed by atoms with Crippen molar-refractivity contribution in [2.24, 2.45) is 4.99 Å². The number of benzene rings is 2. The van der Waals surface area contributed by atoms with E-state index >= 15 is 0 Å². The number of aromatic hydroxyl groups is 1. The molecule has 2 rings (SSSR count). The first-order valence-electron chi connectivity index (χ1n) is 4.87. The second-order valence-corrected chi connectivity index (χ2v) is 3.79. The van der Waals surface area contributed by atoms with E-state index < -0.39 is 0 Å². The molecular formula is C13H11NOS. The lowest BCUT2D eigenvalue weighted by molar-refractivity contribution is 0.474. The van der Waals surface area contributed by atoms with Gasteiger partial charge in [-0.25, -0.2) is 0 Å². The second-order valence-electron chi connectivity index (χ2n) is 3.31. The van der Waals surface area contributed by atoms with Gasteiger partial charge in [-0.05, 0) is 24.3 Å². The minimum atomic E-state index is 0.225. The Morgan fingerprint density at radius 2 is 1.69 bits per heavy atom. The van der Waals surface area contributed by atoms with Crippen LogP contribution in [0.1, 0.15) is 5.56 Å². The van der Waals surface area contributed by atoms with Gasteiger partial charge in [-0.2, -0.15) is 0 Å². The van der Waals surface area contributed by atoms with Gasteiger partial charge in [0, 0.05) is 16.7 Å². The van der Waals surface area contributed by atoms with Crippen molar-refractivity contribution < 1.29 is 5.11 Å². The molecule has 2 nitrogen and oxygen atoms in total. The van der Waals surface area contributed by atoms with Gasteiger partial charge in [-0.1, -0.05) is 24.3 Å². The summed E-state index contributed by atoms with van der Waals surface area (Å²) in [6.07, 6.45) is 1.63. The van der Waals surface area contributed by atoms with E-state index in [2.05, 4.69) is 17.6 Å². The van der Waals surface area contributed by atoms with Crippen LogP contribution in [0, 0.1) is 0 Å². The van der Waals surface area contributed by atoms with Crippen molar-refractivity contribution in [1.82, 2.24) is 0 Å². The molecule has 2 aromatic carbocycles. The highest BCUT2D eigenvalue weighted by molar-refractivity contribution is 7.80. The summed E-state index contributed by atoms with van der Waals surface area (Å²) in [6.45, 7) is 0. The molecular weight excluding hydrogens is 218 g/mol. The van der Waals surface area contributed by atoms with E-state index in [1.165, 1.54) is 0 Å². The predicted octanol–water partition coefficient (Wildman–Crippen LogP) is 3.43. The molecule has 0 amide bonds. The Hall–Kier alpha value is -1.74. The predicted molar refractivity (Wildman–Crippen MR) is 69.1 cm³/mol. The van der Waals surface area contributed by atoms with Gasteiger partial charge in [0.2, 0.25) is 0 Å². The van der Waals surface area contributed by atoms with Crippen LogP contribution in [0.4, 0.5) is 5.69 Å². The van der Waals surface area contributed by atoms with Crippen molar-refractivity contribution in [3.63, 3.8) is 0 Å². The summed E-state index contributed by atoms with van der Waals surface area (Å²) in [7, 11) is 0. The monoisotopic (exact) mass is 229 g/mol. The lowest BCUT2D eigenvalue weighted by atomic mass is 10.2. The minimum Gasteiger partial charge on any atom is -0.507 e. The smallest absolute Gasteiger partial charge is 0.124 e. The fraction of sp³-hybridized carbons (Fsp3) is 0. The zero-order chi connectivity index (χ0) is 11.4. The van der Waals surface area contributed by atoms with Gasteiger partial charge in [0.1, 0.15) is 5.75 Å². The summed E-state index contributed by atoms with van der Waals surface area (Å²) in [5.41, 5.74) is 1.48. The number of para-hydroxylation sites is 2.